The van der Waals surface area contributed by atoms with E-state index < -0.39 is 10.0 Å². The first-order valence-corrected chi connectivity index (χ1v) is 6.64. The van der Waals surface area contributed by atoms with Crippen molar-refractivity contribution in [3.05, 3.63) is 18.2 Å². The van der Waals surface area contributed by atoms with Crippen molar-refractivity contribution in [1.29, 1.82) is 0 Å². The number of anilines is 2. The van der Waals surface area contributed by atoms with Gasteiger partial charge in [-0.15, -0.1) is 0 Å². The van der Waals surface area contributed by atoms with Crippen LogP contribution in [0.4, 0.5) is 11.4 Å². The first kappa shape index (κ1) is 13.3. The van der Waals surface area contributed by atoms with Gasteiger partial charge < -0.3 is 10.1 Å². The Morgan fingerprint density at radius 1 is 1.35 bits per heavy atom. The molecule has 0 fully saturated rings. The van der Waals surface area contributed by atoms with Gasteiger partial charge in [0.25, 0.3) is 0 Å². The topological polar surface area (TPSA) is 84.5 Å². The Hall–Kier alpha value is -1.76. The van der Waals surface area contributed by atoms with E-state index in [1.807, 2.05) is 0 Å². The predicted molar refractivity (Wildman–Crippen MR) is 65.8 cm³/mol. The third-order valence-electron chi connectivity index (χ3n) is 1.82. The number of methoxy groups -OCH3 is 1. The van der Waals surface area contributed by atoms with Crippen molar-refractivity contribution in [2.75, 3.05) is 23.4 Å². The largest absolute Gasteiger partial charge is 0.494 e. The fourth-order valence-electron chi connectivity index (χ4n) is 1.26. The molecule has 17 heavy (non-hydrogen) atoms. The van der Waals surface area contributed by atoms with Crippen molar-refractivity contribution in [3.8, 4) is 5.75 Å². The van der Waals surface area contributed by atoms with Gasteiger partial charge in [0.1, 0.15) is 5.75 Å². The maximum absolute atomic E-state index is 11.0. The molecule has 0 saturated heterocycles. The second-order valence-corrected chi connectivity index (χ2v) is 5.22. The molecule has 0 aliphatic rings. The Balaban J connectivity index is 3.04. The minimum atomic E-state index is -3.33. The van der Waals surface area contributed by atoms with Crippen LogP contribution in [0.25, 0.3) is 0 Å². The fourth-order valence-corrected chi connectivity index (χ4v) is 1.82. The Morgan fingerprint density at radius 2 is 2.00 bits per heavy atom. The van der Waals surface area contributed by atoms with Crippen molar-refractivity contribution in [3.63, 3.8) is 0 Å². The number of sulfonamides is 1. The Bertz CT molecular complexity index is 525. The molecular formula is C10H14N2O4S. The van der Waals surface area contributed by atoms with Gasteiger partial charge in [0.15, 0.2) is 0 Å². The van der Waals surface area contributed by atoms with Crippen LogP contribution in [0.2, 0.25) is 0 Å². The highest BCUT2D eigenvalue weighted by atomic mass is 32.2. The third kappa shape index (κ3) is 4.31. The molecule has 1 aromatic carbocycles. The molecule has 1 amide bonds. The summed E-state index contributed by atoms with van der Waals surface area (Å²) in [4.78, 5) is 10.9. The number of nitrogens with one attached hydrogen (secondary N) is 2. The van der Waals surface area contributed by atoms with Crippen LogP contribution in [0.5, 0.6) is 5.75 Å². The van der Waals surface area contributed by atoms with Gasteiger partial charge in [-0.2, -0.15) is 0 Å². The zero-order chi connectivity index (χ0) is 13.1. The third-order valence-corrected chi connectivity index (χ3v) is 2.42. The predicted octanol–water partition coefficient (Wildman–Crippen LogP) is 1.03. The van der Waals surface area contributed by atoms with Crippen molar-refractivity contribution >= 4 is 27.3 Å². The van der Waals surface area contributed by atoms with E-state index in [2.05, 4.69) is 10.0 Å². The number of carbonyl (C=O) groups is 1. The van der Waals surface area contributed by atoms with Gasteiger partial charge in [-0.3, -0.25) is 9.52 Å². The molecule has 0 aromatic heterocycles. The number of amides is 1. The average molecular weight is 258 g/mol. The Kier molecular flexibility index (Phi) is 3.95. The maximum atomic E-state index is 11.0. The van der Waals surface area contributed by atoms with Crippen LogP contribution in [0.1, 0.15) is 6.92 Å². The van der Waals surface area contributed by atoms with E-state index in [0.29, 0.717) is 17.1 Å². The van der Waals surface area contributed by atoms with E-state index >= 15 is 0 Å². The summed E-state index contributed by atoms with van der Waals surface area (Å²) in [7, 11) is -1.90. The number of hydrogen-bond acceptors (Lipinski definition) is 4. The molecule has 6 nitrogen and oxygen atoms in total. The Morgan fingerprint density at radius 3 is 2.47 bits per heavy atom. The molecule has 94 valence electrons. The molecule has 1 rings (SSSR count). The van der Waals surface area contributed by atoms with E-state index in [4.69, 9.17) is 4.74 Å². The van der Waals surface area contributed by atoms with Gasteiger partial charge >= 0.3 is 0 Å². The number of rotatable bonds is 4. The van der Waals surface area contributed by atoms with Crippen molar-refractivity contribution in [2.24, 2.45) is 0 Å². The minimum absolute atomic E-state index is 0.230. The quantitative estimate of drug-likeness (QED) is 0.844. The van der Waals surface area contributed by atoms with Crippen LogP contribution in [0.15, 0.2) is 18.2 Å². The number of hydrogen-bond donors (Lipinski definition) is 2. The molecule has 0 radical (unpaired) electrons. The summed E-state index contributed by atoms with van der Waals surface area (Å²) in [6, 6.07) is 4.59. The molecule has 2 N–H and O–H groups in total. The molecule has 0 saturated carbocycles. The highest BCUT2D eigenvalue weighted by Gasteiger charge is 2.08. The SMILES string of the molecule is COc1cc(NS(C)(=O)=O)ccc1NC(C)=O. The van der Waals surface area contributed by atoms with Gasteiger partial charge in [0.2, 0.25) is 15.9 Å². The van der Waals surface area contributed by atoms with Crippen LogP contribution in [0, 0.1) is 0 Å². The lowest BCUT2D eigenvalue weighted by molar-refractivity contribution is -0.114. The molecule has 1 aromatic rings. The molecular weight excluding hydrogens is 244 g/mol. The first-order valence-electron chi connectivity index (χ1n) is 4.75. The number of ether oxygens (including phenoxy) is 1. The van der Waals surface area contributed by atoms with Gasteiger partial charge in [-0.25, -0.2) is 8.42 Å². The summed E-state index contributed by atoms with van der Waals surface area (Å²) in [6.07, 6.45) is 1.06. The van der Waals surface area contributed by atoms with Crippen LogP contribution >= 0.6 is 0 Å². The zero-order valence-electron chi connectivity index (χ0n) is 9.77. The average Bonchev–Trinajstić information content (AvgIpc) is 2.17. The molecule has 0 aliphatic carbocycles. The number of carbonyl (C=O) groups excluding carboxylic acids is 1. The standard InChI is InChI=1S/C10H14N2O4S/c1-7(13)11-9-5-4-8(6-10(9)16-2)12-17(3,14)15/h4-6,12H,1-3H3,(H,11,13). The summed E-state index contributed by atoms with van der Waals surface area (Å²) in [5.41, 5.74) is 0.859. The van der Waals surface area contributed by atoms with Crippen molar-refractivity contribution in [2.45, 2.75) is 6.92 Å². The molecule has 7 heteroatoms. The minimum Gasteiger partial charge on any atom is -0.494 e. The smallest absolute Gasteiger partial charge is 0.229 e. The fraction of sp³-hybridized carbons (Fsp3) is 0.300. The van der Waals surface area contributed by atoms with Crippen LogP contribution < -0.4 is 14.8 Å². The normalized spacial score (nSPS) is 10.8. The van der Waals surface area contributed by atoms with E-state index in [1.165, 1.54) is 26.2 Å². The summed E-state index contributed by atoms with van der Waals surface area (Å²) < 4.78 is 29.5. The second kappa shape index (κ2) is 5.05. The van der Waals surface area contributed by atoms with E-state index in [0.717, 1.165) is 6.26 Å². The second-order valence-electron chi connectivity index (χ2n) is 3.47. The molecule has 0 aliphatic heterocycles. The van der Waals surface area contributed by atoms with Gasteiger partial charge in [-0.1, -0.05) is 0 Å². The summed E-state index contributed by atoms with van der Waals surface area (Å²) in [5, 5.41) is 2.57. The highest BCUT2D eigenvalue weighted by Crippen LogP contribution is 2.28. The van der Waals surface area contributed by atoms with Crippen molar-refractivity contribution < 1.29 is 17.9 Å². The highest BCUT2D eigenvalue weighted by molar-refractivity contribution is 7.92. The lowest BCUT2D eigenvalue weighted by Gasteiger charge is -2.11. The van der Waals surface area contributed by atoms with E-state index in [1.54, 1.807) is 6.07 Å². The summed E-state index contributed by atoms with van der Waals surface area (Å²) in [6.45, 7) is 1.38. The number of benzene rings is 1. The molecule has 0 spiro atoms. The monoisotopic (exact) mass is 258 g/mol. The maximum Gasteiger partial charge on any atom is 0.229 e. The zero-order valence-corrected chi connectivity index (χ0v) is 10.6. The van der Waals surface area contributed by atoms with Gasteiger partial charge in [0, 0.05) is 13.0 Å². The Labute approximate surface area is 100 Å². The van der Waals surface area contributed by atoms with E-state index in [9.17, 15) is 13.2 Å². The van der Waals surface area contributed by atoms with Crippen molar-refractivity contribution in [1.82, 2.24) is 0 Å². The lowest BCUT2D eigenvalue weighted by atomic mass is 10.2. The van der Waals surface area contributed by atoms with Gasteiger partial charge in [-0.05, 0) is 12.1 Å². The molecule has 0 unspecified atom stereocenters. The van der Waals surface area contributed by atoms with Crippen LogP contribution in [-0.2, 0) is 14.8 Å². The summed E-state index contributed by atoms with van der Waals surface area (Å²) in [5.74, 6) is 0.154. The summed E-state index contributed by atoms with van der Waals surface area (Å²) >= 11 is 0. The molecule has 0 heterocycles. The van der Waals surface area contributed by atoms with Gasteiger partial charge in [0.05, 0.1) is 24.7 Å². The van der Waals surface area contributed by atoms with Crippen LogP contribution in [-0.4, -0.2) is 27.7 Å². The molecule has 0 bridgehead atoms. The first-order chi connectivity index (χ1) is 7.81. The van der Waals surface area contributed by atoms with E-state index in [-0.39, 0.29) is 5.91 Å². The van der Waals surface area contributed by atoms with Crippen LogP contribution in [0.3, 0.4) is 0 Å². The lowest BCUT2D eigenvalue weighted by Crippen LogP contribution is -2.11. The molecule has 0 atom stereocenters.